The average molecular weight is 279 g/mol. The number of nitrogens with two attached hydrogens (primary N) is 1. The summed E-state index contributed by atoms with van der Waals surface area (Å²) in [6.07, 6.45) is 0.922. The number of carbonyl (C=O) groups excluding carboxylic acids is 1. The van der Waals surface area contributed by atoms with Crippen molar-refractivity contribution in [1.29, 1.82) is 0 Å². The molecule has 3 N–H and O–H groups in total. The molecule has 5 nitrogen and oxygen atoms in total. The molecule has 1 atom stereocenters. The van der Waals surface area contributed by atoms with Crippen LogP contribution >= 0.6 is 11.8 Å². The summed E-state index contributed by atoms with van der Waals surface area (Å²) in [6.45, 7) is 4.54. The predicted octanol–water partition coefficient (Wildman–Crippen LogP) is 2.42. The van der Waals surface area contributed by atoms with Crippen molar-refractivity contribution in [3.63, 3.8) is 0 Å². The monoisotopic (exact) mass is 279 g/mol. The van der Waals surface area contributed by atoms with Gasteiger partial charge in [-0.3, -0.25) is 4.79 Å². The van der Waals surface area contributed by atoms with Crippen LogP contribution in [0.5, 0.6) is 0 Å². The van der Waals surface area contributed by atoms with Crippen molar-refractivity contribution in [2.45, 2.75) is 30.7 Å². The Balaban J connectivity index is 2.06. The molecule has 0 aliphatic carbocycles. The lowest BCUT2D eigenvalue weighted by atomic mass is 10.3. The second kappa shape index (κ2) is 5.97. The molecule has 1 aromatic heterocycles. The summed E-state index contributed by atoms with van der Waals surface area (Å²) < 4.78 is 5.56. The Morgan fingerprint density at radius 2 is 2.37 bits per heavy atom. The van der Waals surface area contributed by atoms with E-state index in [1.807, 2.05) is 13.8 Å². The molecule has 2 aromatic rings. The van der Waals surface area contributed by atoms with Crippen LogP contribution in [0.1, 0.15) is 20.3 Å². The van der Waals surface area contributed by atoms with Crippen LogP contribution in [0.3, 0.4) is 0 Å². The van der Waals surface area contributed by atoms with Gasteiger partial charge in [-0.1, -0.05) is 18.7 Å². The number of aromatic nitrogens is 1. The number of rotatable bonds is 5. The van der Waals surface area contributed by atoms with E-state index in [0.29, 0.717) is 28.6 Å². The molecule has 6 heteroatoms. The third-order valence-corrected chi connectivity index (χ3v) is 3.53. The van der Waals surface area contributed by atoms with Gasteiger partial charge in [0.15, 0.2) is 5.58 Å². The SMILES string of the molecule is CCCNC(=O)C(C)Sc1nc2cc(N)ccc2o1. The molecule has 0 saturated heterocycles. The summed E-state index contributed by atoms with van der Waals surface area (Å²) in [5, 5.41) is 3.09. The third-order valence-electron chi connectivity index (χ3n) is 2.59. The number of nitrogens with zero attached hydrogens (tertiary/aromatic N) is 1. The largest absolute Gasteiger partial charge is 0.431 e. The van der Waals surface area contributed by atoms with Crippen molar-refractivity contribution < 1.29 is 9.21 Å². The highest BCUT2D eigenvalue weighted by atomic mass is 32.2. The minimum Gasteiger partial charge on any atom is -0.431 e. The van der Waals surface area contributed by atoms with E-state index in [-0.39, 0.29) is 11.2 Å². The number of hydrogen-bond acceptors (Lipinski definition) is 5. The Bertz CT molecular complexity index is 582. The molecule has 1 aromatic carbocycles. The smallest absolute Gasteiger partial charge is 0.257 e. The molecule has 0 fully saturated rings. The maximum absolute atomic E-state index is 11.8. The third kappa shape index (κ3) is 3.41. The fourth-order valence-electron chi connectivity index (χ4n) is 1.57. The molecule has 0 radical (unpaired) electrons. The van der Waals surface area contributed by atoms with Crippen LogP contribution in [0.25, 0.3) is 11.1 Å². The summed E-state index contributed by atoms with van der Waals surface area (Å²) >= 11 is 1.30. The summed E-state index contributed by atoms with van der Waals surface area (Å²) in [5.41, 5.74) is 7.72. The van der Waals surface area contributed by atoms with E-state index in [4.69, 9.17) is 10.2 Å². The van der Waals surface area contributed by atoms with E-state index in [1.54, 1.807) is 18.2 Å². The lowest BCUT2D eigenvalue weighted by molar-refractivity contribution is -0.120. The maximum atomic E-state index is 11.8. The second-order valence-electron chi connectivity index (χ2n) is 4.26. The molecule has 2 rings (SSSR count). The number of oxazole rings is 1. The molecule has 0 bridgehead atoms. The molecule has 0 spiro atoms. The maximum Gasteiger partial charge on any atom is 0.257 e. The van der Waals surface area contributed by atoms with Gasteiger partial charge < -0.3 is 15.5 Å². The zero-order valence-electron chi connectivity index (χ0n) is 11.0. The number of hydrogen-bond donors (Lipinski definition) is 2. The number of thioether (sulfide) groups is 1. The quantitative estimate of drug-likeness (QED) is 0.649. The normalized spacial score (nSPS) is 12.5. The summed E-state index contributed by atoms with van der Waals surface area (Å²) in [4.78, 5) is 16.1. The number of nitrogens with one attached hydrogen (secondary N) is 1. The highest BCUT2D eigenvalue weighted by Crippen LogP contribution is 2.27. The van der Waals surface area contributed by atoms with Gasteiger partial charge in [-0.05, 0) is 31.5 Å². The Morgan fingerprint density at radius 3 is 3.11 bits per heavy atom. The highest BCUT2D eigenvalue weighted by Gasteiger charge is 2.17. The molecular formula is C13H17N3O2S. The topological polar surface area (TPSA) is 81.2 Å². The van der Waals surface area contributed by atoms with Crippen LogP contribution in [-0.4, -0.2) is 22.7 Å². The molecule has 1 unspecified atom stereocenters. The summed E-state index contributed by atoms with van der Waals surface area (Å²) in [5.74, 6) is -0.00591. The van der Waals surface area contributed by atoms with Gasteiger partial charge >= 0.3 is 0 Å². The Morgan fingerprint density at radius 1 is 1.58 bits per heavy atom. The van der Waals surface area contributed by atoms with Crippen molar-refractivity contribution in [2.24, 2.45) is 0 Å². The van der Waals surface area contributed by atoms with E-state index in [1.165, 1.54) is 11.8 Å². The number of carbonyl (C=O) groups is 1. The van der Waals surface area contributed by atoms with Crippen LogP contribution in [0.15, 0.2) is 27.8 Å². The van der Waals surface area contributed by atoms with Crippen molar-refractivity contribution in [3.8, 4) is 0 Å². The van der Waals surface area contributed by atoms with Gasteiger partial charge in [-0.25, -0.2) is 4.98 Å². The minimum absolute atomic E-state index is 0.00591. The second-order valence-corrected chi connectivity index (χ2v) is 5.55. The standard InChI is InChI=1S/C13H17N3O2S/c1-3-6-15-12(17)8(2)19-13-16-10-7-9(14)4-5-11(10)18-13/h4-5,7-8H,3,6,14H2,1-2H3,(H,15,17). The van der Waals surface area contributed by atoms with Crippen LogP contribution < -0.4 is 11.1 Å². The van der Waals surface area contributed by atoms with E-state index in [9.17, 15) is 4.79 Å². The molecular weight excluding hydrogens is 262 g/mol. The van der Waals surface area contributed by atoms with E-state index < -0.39 is 0 Å². The number of fused-ring (bicyclic) bond motifs is 1. The van der Waals surface area contributed by atoms with Crippen molar-refractivity contribution in [1.82, 2.24) is 10.3 Å². The molecule has 102 valence electrons. The molecule has 0 aliphatic heterocycles. The Labute approximate surface area is 115 Å². The molecule has 1 heterocycles. The Kier molecular flexibility index (Phi) is 4.31. The fourth-order valence-corrected chi connectivity index (χ4v) is 2.35. The first kappa shape index (κ1) is 13.7. The average Bonchev–Trinajstić information content (AvgIpc) is 2.77. The molecule has 1 amide bonds. The summed E-state index contributed by atoms with van der Waals surface area (Å²) in [6, 6.07) is 5.30. The van der Waals surface area contributed by atoms with Crippen LogP contribution in [0.2, 0.25) is 0 Å². The van der Waals surface area contributed by atoms with E-state index in [2.05, 4.69) is 10.3 Å². The lowest BCUT2D eigenvalue weighted by Gasteiger charge is -2.08. The van der Waals surface area contributed by atoms with Gasteiger partial charge in [0.2, 0.25) is 5.91 Å². The van der Waals surface area contributed by atoms with Crippen LogP contribution in [-0.2, 0) is 4.79 Å². The van der Waals surface area contributed by atoms with Gasteiger partial charge in [0.25, 0.3) is 5.22 Å². The molecule has 0 aliphatic rings. The van der Waals surface area contributed by atoms with Crippen LogP contribution in [0, 0.1) is 0 Å². The predicted molar refractivity (Wildman–Crippen MR) is 77.0 cm³/mol. The van der Waals surface area contributed by atoms with Crippen molar-refractivity contribution in [2.75, 3.05) is 12.3 Å². The first-order valence-electron chi connectivity index (χ1n) is 6.20. The lowest BCUT2D eigenvalue weighted by Crippen LogP contribution is -2.31. The van der Waals surface area contributed by atoms with Gasteiger partial charge in [-0.2, -0.15) is 0 Å². The van der Waals surface area contributed by atoms with Crippen molar-refractivity contribution in [3.05, 3.63) is 18.2 Å². The number of amides is 1. The Hall–Kier alpha value is -1.69. The minimum atomic E-state index is -0.239. The van der Waals surface area contributed by atoms with Crippen molar-refractivity contribution >= 4 is 34.5 Å². The zero-order valence-corrected chi connectivity index (χ0v) is 11.8. The highest BCUT2D eigenvalue weighted by molar-refractivity contribution is 8.00. The van der Waals surface area contributed by atoms with Gasteiger partial charge in [0.1, 0.15) is 5.52 Å². The van der Waals surface area contributed by atoms with Gasteiger partial charge in [-0.15, -0.1) is 0 Å². The van der Waals surface area contributed by atoms with E-state index in [0.717, 1.165) is 6.42 Å². The first-order valence-corrected chi connectivity index (χ1v) is 7.08. The first-order chi connectivity index (χ1) is 9.10. The number of benzene rings is 1. The van der Waals surface area contributed by atoms with E-state index >= 15 is 0 Å². The number of anilines is 1. The summed E-state index contributed by atoms with van der Waals surface area (Å²) in [7, 11) is 0. The fraction of sp³-hybridized carbons (Fsp3) is 0.385. The molecule has 19 heavy (non-hydrogen) atoms. The van der Waals surface area contributed by atoms with Gasteiger partial charge in [0.05, 0.1) is 5.25 Å². The zero-order chi connectivity index (χ0) is 13.8. The number of nitrogen functional groups attached to an aromatic ring is 1. The van der Waals surface area contributed by atoms with Crippen LogP contribution in [0.4, 0.5) is 5.69 Å². The molecule has 0 saturated carbocycles. The van der Waals surface area contributed by atoms with Gasteiger partial charge in [0, 0.05) is 12.2 Å².